The molecule has 0 rings (SSSR count). The first-order valence-corrected chi connectivity index (χ1v) is 21.3. The van der Waals surface area contributed by atoms with Crippen LogP contribution in [0.15, 0.2) is 24.3 Å². The Labute approximate surface area is 299 Å². The van der Waals surface area contributed by atoms with Crippen LogP contribution in [0.1, 0.15) is 239 Å². The molecule has 0 aliphatic rings. The molecule has 0 spiro atoms. The van der Waals surface area contributed by atoms with E-state index in [2.05, 4.69) is 38.2 Å². The number of esters is 1. The van der Waals surface area contributed by atoms with Crippen LogP contribution in [0.4, 0.5) is 0 Å². The van der Waals surface area contributed by atoms with Crippen LogP contribution in [0.2, 0.25) is 0 Å². The second-order valence-corrected chi connectivity index (χ2v) is 14.5. The monoisotopic (exact) mass is 675 g/mol. The first kappa shape index (κ1) is 46.4. The fraction of sp³-hybridized carbons (Fsp3) is 0.864. The number of carbonyl (C=O) groups is 2. The highest BCUT2D eigenvalue weighted by atomic mass is 16.5. The number of carboxylic acid groups (broad SMARTS) is 1. The number of carboxylic acids is 1. The Morgan fingerprint density at radius 3 is 1.29 bits per heavy atom. The van der Waals surface area contributed by atoms with Crippen molar-refractivity contribution in [2.24, 2.45) is 0 Å². The minimum Gasteiger partial charge on any atom is -0.481 e. The summed E-state index contributed by atoms with van der Waals surface area (Å²) < 4.78 is 5.95. The minimum atomic E-state index is -0.722. The number of rotatable bonds is 39. The molecule has 48 heavy (non-hydrogen) atoms. The van der Waals surface area contributed by atoms with Crippen molar-refractivity contribution >= 4 is 11.9 Å². The molecule has 0 aromatic carbocycles. The number of hydrogen-bond acceptors (Lipinski definition) is 3. The zero-order valence-electron chi connectivity index (χ0n) is 32.3. The molecule has 0 saturated carbocycles. The van der Waals surface area contributed by atoms with Gasteiger partial charge in [-0.25, -0.2) is 0 Å². The molecule has 282 valence electrons. The van der Waals surface area contributed by atoms with E-state index in [1.807, 2.05) is 0 Å². The first-order valence-electron chi connectivity index (χ1n) is 21.3. The van der Waals surface area contributed by atoms with E-state index in [9.17, 15) is 9.59 Å². The lowest BCUT2D eigenvalue weighted by atomic mass is 10.0. The fourth-order valence-corrected chi connectivity index (χ4v) is 6.51. The van der Waals surface area contributed by atoms with Crippen LogP contribution in [0.5, 0.6) is 0 Å². The lowest BCUT2D eigenvalue weighted by molar-refractivity contribution is -0.150. The molecule has 0 heterocycles. The van der Waals surface area contributed by atoms with E-state index in [1.165, 1.54) is 154 Å². The van der Waals surface area contributed by atoms with Crippen LogP contribution in [0, 0.1) is 0 Å². The quantitative estimate of drug-likeness (QED) is 0.0400. The summed E-state index contributed by atoms with van der Waals surface area (Å²) in [6.07, 6.45) is 50.6. The molecular weight excluding hydrogens is 592 g/mol. The molecule has 0 aliphatic heterocycles. The van der Waals surface area contributed by atoms with Gasteiger partial charge in [0.15, 0.2) is 0 Å². The third kappa shape index (κ3) is 38.9. The fourth-order valence-electron chi connectivity index (χ4n) is 6.51. The summed E-state index contributed by atoms with van der Waals surface area (Å²) in [7, 11) is 0. The van der Waals surface area contributed by atoms with Gasteiger partial charge >= 0.3 is 11.9 Å². The zero-order chi connectivity index (χ0) is 35.0. The highest BCUT2D eigenvalue weighted by Crippen LogP contribution is 2.19. The first-order chi connectivity index (χ1) is 23.6. The Morgan fingerprint density at radius 1 is 0.458 bits per heavy atom. The van der Waals surface area contributed by atoms with Gasteiger partial charge < -0.3 is 9.84 Å². The van der Waals surface area contributed by atoms with Crippen molar-refractivity contribution in [1.29, 1.82) is 0 Å². The number of hydrogen-bond donors (Lipinski definition) is 1. The maximum absolute atomic E-state index is 12.6. The molecule has 0 amide bonds. The number of allylic oxidation sites excluding steroid dienone is 4. The molecule has 4 heteroatoms. The average Bonchev–Trinajstić information content (AvgIpc) is 3.07. The molecule has 0 bridgehead atoms. The third-order valence-electron chi connectivity index (χ3n) is 9.68. The van der Waals surface area contributed by atoms with Crippen LogP contribution >= 0.6 is 0 Å². The van der Waals surface area contributed by atoms with Gasteiger partial charge in [-0.3, -0.25) is 9.59 Å². The van der Waals surface area contributed by atoms with Crippen molar-refractivity contribution in [2.75, 3.05) is 0 Å². The molecule has 1 N–H and O–H groups in total. The number of unbranched alkanes of at least 4 members (excludes halogenated alkanes) is 26. The zero-order valence-corrected chi connectivity index (χ0v) is 32.3. The van der Waals surface area contributed by atoms with E-state index in [0.717, 1.165) is 51.4 Å². The second kappa shape index (κ2) is 39.9. The van der Waals surface area contributed by atoms with E-state index < -0.39 is 5.97 Å². The van der Waals surface area contributed by atoms with E-state index in [1.54, 1.807) is 0 Å². The highest BCUT2D eigenvalue weighted by Gasteiger charge is 2.14. The van der Waals surface area contributed by atoms with Gasteiger partial charge in [0.05, 0.1) is 0 Å². The van der Waals surface area contributed by atoms with Gasteiger partial charge in [0.1, 0.15) is 6.10 Å². The van der Waals surface area contributed by atoms with Crippen LogP contribution in [-0.2, 0) is 14.3 Å². The Hall–Kier alpha value is -1.58. The number of carbonyl (C=O) groups excluding carboxylic acids is 1. The van der Waals surface area contributed by atoms with E-state index in [-0.39, 0.29) is 18.5 Å². The third-order valence-corrected chi connectivity index (χ3v) is 9.68. The second-order valence-electron chi connectivity index (χ2n) is 14.5. The van der Waals surface area contributed by atoms with Gasteiger partial charge in [-0.05, 0) is 70.6 Å². The van der Waals surface area contributed by atoms with E-state index in [0.29, 0.717) is 12.8 Å². The maximum atomic E-state index is 12.6. The Bertz CT molecular complexity index is 727. The lowest BCUT2D eigenvalue weighted by Crippen LogP contribution is -2.18. The van der Waals surface area contributed by atoms with Crippen molar-refractivity contribution in [3.05, 3.63) is 24.3 Å². The predicted octanol–water partition coefficient (Wildman–Crippen LogP) is 14.8. The molecule has 0 aliphatic carbocycles. The largest absolute Gasteiger partial charge is 0.481 e. The molecule has 1 atom stereocenters. The molecule has 4 nitrogen and oxygen atoms in total. The summed E-state index contributed by atoms with van der Waals surface area (Å²) in [5.74, 6) is -0.751. The Morgan fingerprint density at radius 2 is 0.812 bits per heavy atom. The lowest BCUT2D eigenvalue weighted by Gasteiger charge is -2.18. The average molecular weight is 675 g/mol. The molecule has 0 radical (unpaired) electrons. The van der Waals surface area contributed by atoms with Gasteiger partial charge in [-0.1, -0.05) is 179 Å². The molecule has 1 unspecified atom stereocenters. The SMILES string of the molecule is CCCCC/C=C\C/C=C\CCCCCCCCCCCCCC(=O)OC(CCCCCCCCCCCCC)CCCCCC(=O)O. The molecule has 0 aromatic rings. The summed E-state index contributed by atoms with van der Waals surface area (Å²) in [4.78, 5) is 23.4. The van der Waals surface area contributed by atoms with Crippen LogP contribution < -0.4 is 0 Å². The van der Waals surface area contributed by atoms with Crippen LogP contribution in [-0.4, -0.2) is 23.1 Å². The van der Waals surface area contributed by atoms with Gasteiger partial charge in [0.2, 0.25) is 0 Å². The standard InChI is InChI=1S/C44H82O4/c1-3-5-7-9-11-13-15-16-17-18-19-20-21-22-23-24-26-28-30-32-37-41-44(47)48-42(39-35-33-36-40-43(45)46)38-34-31-29-27-25-14-12-10-8-6-4-2/h11,13,16-17,42H,3-10,12,14-15,18-41H2,1-2H3,(H,45,46)/b13-11-,17-16-. The van der Waals surface area contributed by atoms with Crippen molar-refractivity contribution in [2.45, 2.75) is 245 Å². The number of aliphatic carboxylic acids is 1. The summed E-state index contributed by atoms with van der Waals surface area (Å²) in [6, 6.07) is 0. The molecular formula is C44H82O4. The van der Waals surface area contributed by atoms with Gasteiger partial charge in [-0.15, -0.1) is 0 Å². The van der Waals surface area contributed by atoms with Crippen LogP contribution in [0.3, 0.4) is 0 Å². The smallest absolute Gasteiger partial charge is 0.306 e. The summed E-state index contributed by atoms with van der Waals surface area (Å²) in [6.45, 7) is 4.53. The Kier molecular flexibility index (Phi) is 38.5. The highest BCUT2D eigenvalue weighted by molar-refractivity contribution is 5.69. The van der Waals surface area contributed by atoms with Crippen molar-refractivity contribution < 1.29 is 19.4 Å². The normalized spacial score (nSPS) is 12.4. The topological polar surface area (TPSA) is 63.6 Å². The predicted molar refractivity (Wildman–Crippen MR) is 209 cm³/mol. The van der Waals surface area contributed by atoms with E-state index in [4.69, 9.17) is 9.84 Å². The van der Waals surface area contributed by atoms with Crippen molar-refractivity contribution in [1.82, 2.24) is 0 Å². The van der Waals surface area contributed by atoms with Crippen molar-refractivity contribution in [3.63, 3.8) is 0 Å². The summed E-state index contributed by atoms with van der Waals surface area (Å²) >= 11 is 0. The maximum Gasteiger partial charge on any atom is 0.306 e. The summed E-state index contributed by atoms with van der Waals surface area (Å²) in [5, 5.41) is 8.90. The number of ether oxygens (including phenoxy) is 1. The van der Waals surface area contributed by atoms with Crippen molar-refractivity contribution in [3.8, 4) is 0 Å². The van der Waals surface area contributed by atoms with Gasteiger partial charge in [-0.2, -0.15) is 0 Å². The molecule has 0 fully saturated rings. The summed E-state index contributed by atoms with van der Waals surface area (Å²) in [5.41, 5.74) is 0. The molecule has 0 aromatic heterocycles. The van der Waals surface area contributed by atoms with Gasteiger partial charge in [0.25, 0.3) is 0 Å². The Balaban J connectivity index is 3.82. The molecule has 0 saturated heterocycles. The van der Waals surface area contributed by atoms with Gasteiger partial charge in [0, 0.05) is 12.8 Å². The van der Waals surface area contributed by atoms with E-state index >= 15 is 0 Å². The van der Waals surface area contributed by atoms with Crippen LogP contribution in [0.25, 0.3) is 0 Å². The minimum absolute atomic E-state index is 0.00434.